The zero-order valence-electron chi connectivity index (χ0n) is 18.1. The molecule has 1 saturated carbocycles. The van der Waals surface area contributed by atoms with Gasteiger partial charge >= 0.3 is 17.1 Å². The number of ketones is 1. The van der Waals surface area contributed by atoms with Gasteiger partial charge in [0.2, 0.25) is 0 Å². The van der Waals surface area contributed by atoms with E-state index >= 15 is 0 Å². The molecule has 0 N–H and O–H groups in total. The Bertz CT molecular complexity index is 820. The molecule has 174 valence electrons. The highest BCUT2D eigenvalue weighted by Gasteiger charge is 2.35. The van der Waals surface area contributed by atoms with Gasteiger partial charge in [-0.1, -0.05) is 19.3 Å². The van der Waals surface area contributed by atoms with Crippen LogP contribution in [0.2, 0.25) is 0 Å². The van der Waals surface area contributed by atoms with Crippen molar-refractivity contribution in [1.82, 2.24) is 0 Å². The summed E-state index contributed by atoms with van der Waals surface area (Å²) in [5.74, 6) is -1.35. The molecule has 8 nitrogen and oxygen atoms in total. The fourth-order valence-corrected chi connectivity index (χ4v) is 4.30. The minimum Gasteiger partial charge on any atom is -0.465 e. The van der Waals surface area contributed by atoms with Gasteiger partial charge in [-0.25, -0.2) is 9.59 Å². The van der Waals surface area contributed by atoms with Crippen LogP contribution < -0.4 is 5.82 Å². The predicted molar refractivity (Wildman–Crippen MR) is 118 cm³/mol. The van der Waals surface area contributed by atoms with Gasteiger partial charge in [0.25, 0.3) is 0 Å². The van der Waals surface area contributed by atoms with Crippen LogP contribution in [-0.2, 0) is 25.7 Å². The van der Waals surface area contributed by atoms with Crippen LogP contribution in [0, 0.1) is 18.8 Å². The molecular weight excluding hydrogens is 444 g/mol. The molecule has 10 heteroatoms. The Balaban J connectivity index is 1.82. The number of Topliss-reactive ketones (excluding diaryl/α,β-unsaturated/α-hetero) is 1. The van der Waals surface area contributed by atoms with Crippen molar-refractivity contribution in [3.05, 3.63) is 22.1 Å². The molecule has 0 saturated heterocycles. The van der Waals surface area contributed by atoms with Gasteiger partial charge in [0.1, 0.15) is 5.78 Å². The van der Waals surface area contributed by atoms with Crippen LogP contribution >= 0.6 is 24.4 Å². The number of hydrogen-bond acceptors (Lipinski definition) is 10. The summed E-state index contributed by atoms with van der Waals surface area (Å²) in [5.41, 5.74) is 0. The lowest BCUT2D eigenvalue weighted by atomic mass is 9.90. The maximum atomic E-state index is 12.8. The van der Waals surface area contributed by atoms with E-state index in [0.29, 0.717) is 24.3 Å². The summed E-state index contributed by atoms with van der Waals surface area (Å²) < 4.78 is 18.9. The number of carbonyl (C=O) groups is 3. The second kappa shape index (κ2) is 11.8. The van der Waals surface area contributed by atoms with Crippen molar-refractivity contribution in [2.75, 3.05) is 12.4 Å². The number of thiol groups is 1. The summed E-state index contributed by atoms with van der Waals surface area (Å²) in [6.45, 7) is 4.80. The topological polar surface area (TPSA) is 113 Å². The highest BCUT2D eigenvalue weighted by molar-refractivity contribution is 8.15. The van der Waals surface area contributed by atoms with Gasteiger partial charge in [-0.2, -0.15) is 12.6 Å². The average molecular weight is 475 g/mol. The van der Waals surface area contributed by atoms with Gasteiger partial charge < -0.3 is 18.3 Å². The van der Waals surface area contributed by atoms with Gasteiger partial charge in [0.05, 0.1) is 17.3 Å². The molecule has 0 radical (unpaired) electrons. The van der Waals surface area contributed by atoms with Crippen molar-refractivity contribution >= 4 is 41.4 Å². The number of ether oxygens (including phenoxy) is 2. The molecule has 0 bridgehead atoms. The van der Waals surface area contributed by atoms with Gasteiger partial charge in [-0.05, 0) is 51.3 Å². The predicted octanol–water partition coefficient (Wildman–Crippen LogP) is 4.32. The molecule has 1 aliphatic carbocycles. The first-order valence-electron chi connectivity index (χ1n) is 10.4. The van der Waals surface area contributed by atoms with E-state index < -0.39 is 27.8 Å². The molecule has 1 aliphatic rings. The lowest BCUT2D eigenvalue weighted by molar-refractivity contribution is -0.151. The molecule has 1 atom stereocenters. The summed E-state index contributed by atoms with van der Waals surface area (Å²) in [4.78, 5) is 48.4. The number of thioether (sulfide) groups is 1. The number of carbonyl (C=O) groups excluding carboxylic acids is 3. The lowest BCUT2D eigenvalue weighted by Gasteiger charge is -2.24. The van der Waals surface area contributed by atoms with Crippen LogP contribution in [0.3, 0.4) is 0 Å². The van der Waals surface area contributed by atoms with Crippen molar-refractivity contribution in [2.45, 2.75) is 70.7 Å². The largest absolute Gasteiger partial charge is 0.519 e. The fourth-order valence-electron chi connectivity index (χ4n) is 3.29. The normalized spacial score (nSPS) is 16.0. The monoisotopic (exact) mass is 474 g/mol. The van der Waals surface area contributed by atoms with Crippen LogP contribution in [0.25, 0.3) is 0 Å². The van der Waals surface area contributed by atoms with Crippen molar-refractivity contribution in [3.63, 3.8) is 0 Å². The Kier molecular flexibility index (Phi) is 9.74. The molecule has 2 rings (SSSR count). The third kappa shape index (κ3) is 8.07. The van der Waals surface area contributed by atoms with Crippen molar-refractivity contribution in [3.8, 4) is 0 Å². The summed E-state index contributed by atoms with van der Waals surface area (Å²) >= 11 is 4.91. The molecule has 1 heterocycles. The summed E-state index contributed by atoms with van der Waals surface area (Å²) in [7, 11) is 0. The van der Waals surface area contributed by atoms with E-state index in [4.69, 9.17) is 18.3 Å². The summed E-state index contributed by atoms with van der Waals surface area (Å²) in [6, 6.07) is 0. The molecule has 1 aromatic rings. The lowest BCUT2D eigenvalue weighted by Crippen LogP contribution is -2.34. The van der Waals surface area contributed by atoms with Crippen LogP contribution in [0.4, 0.5) is 4.79 Å². The Morgan fingerprint density at radius 1 is 1.16 bits per heavy atom. The number of aryl methyl sites for hydroxylation is 1. The molecule has 31 heavy (non-hydrogen) atoms. The van der Waals surface area contributed by atoms with Crippen LogP contribution in [0.15, 0.2) is 13.6 Å². The van der Waals surface area contributed by atoms with E-state index in [9.17, 15) is 19.2 Å². The maximum absolute atomic E-state index is 12.8. The molecule has 0 spiro atoms. The number of hydrogen-bond donors (Lipinski definition) is 1. The van der Waals surface area contributed by atoms with Gasteiger partial charge in [0, 0.05) is 12.2 Å². The Labute approximate surface area is 191 Å². The Morgan fingerprint density at radius 3 is 2.42 bits per heavy atom. The smallest absolute Gasteiger partial charge is 0.465 e. The molecule has 1 fully saturated rings. The third-order valence-corrected chi connectivity index (χ3v) is 6.80. The van der Waals surface area contributed by atoms with Gasteiger partial charge in [-0.3, -0.25) is 9.59 Å². The minimum absolute atomic E-state index is 0.0734. The van der Waals surface area contributed by atoms with Crippen LogP contribution in [0.1, 0.15) is 63.9 Å². The van der Waals surface area contributed by atoms with Gasteiger partial charge in [-0.15, -0.1) is 0 Å². The molecule has 0 aliphatic heterocycles. The molecule has 0 unspecified atom stereocenters. The van der Waals surface area contributed by atoms with E-state index in [-0.39, 0.29) is 36.1 Å². The summed E-state index contributed by atoms with van der Waals surface area (Å²) in [6.07, 6.45) is 5.59. The van der Waals surface area contributed by atoms with E-state index in [0.717, 1.165) is 25.7 Å². The molecule has 0 aromatic carbocycles. The SMILES string of the molecule is Cc1oc(=O)oc1COC(=O)SC(C)(C)C(=O)C[C@@H](CS)C(=O)OCC1CCCCC1. The van der Waals surface area contributed by atoms with Gasteiger partial charge in [0.15, 0.2) is 18.1 Å². The first kappa shape index (κ1) is 25.6. The standard InChI is InChI=1S/C21H30O8S2/c1-13-16(29-19(24)28-13)11-27-20(25)31-21(2,3)17(22)9-15(12-30)18(23)26-10-14-7-5-4-6-8-14/h14-15,30H,4-12H2,1-3H3/t15-/m0/s1. The minimum atomic E-state index is -1.12. The molecular formula is C21H30O8S2. The van der Waals surface area contributed by atoms with Crippen molar-refractivity contribution in [2.24, 2.45) is 11.8 Å². The van der Waals surface area contributed by atoms with E-state index in [1.165, 1.54) is 13.3 Å². The quantitative estimate of drug-likeness (QED) is 0.391. The van der Waals surface area contributed by atoms with E-state index in [1.54, 1.807) is 13.8 Å². The number of esters is 1. The second-order valence-electron chi connectivity index (χ2n) is 8.23. The van der Waals surface area contributed by atoms with Crippen molar-refractivity contribution < 1.29 is 32.7 Å². The Hall–Kier alpha value is -1.68. The Morgan fingerprint density at radius 2 is 1.84 bits per heavy atom. The van der Waals surface area contributed by atoms with Crippen LogP contribution in [0.5, 0.6) is 0 Å². The maximum Gasteiger partial charge on any atom is 0.519 e. The molecule has 0 amide bonds. The average Bonchev–Trinajstić information content (AvgIpc) is 3.05. The number of rotatable bonds is 10. The zero-order chi connectivity index (χ0) is 23.0. The summed E-state index contributed by atoms with van der Waals surface area (Å²) in [5, 5.41) is -0.705. The first-order valence-corrected chi connectivity index (χ1v) is 11.8. The highest BCUT2D eigenvalue weighted by atomic mass is 32.2. The fraction of sp³-hybridized carbons (Fsp3) is 0.714. The first-order chi connectivity index (χ1) is 14.6. The second-order valence-corrected chi connectivity index (χ2v) is 10.1. The highest BCUT2D eigenvalue weighted by Crippen LogP contribution is 2.31. The zero-order valence-corrected chi connectivity index (χ0v) is 19.9. The van der Waals surface area contributed by atoms with E-state index in [1.807, 2.05) is 0 Å². The van der Waals surface area contributed by atoms with E-state index in [2.05, 4.69) is 12.6 Å². The van der Waals surface area contributed by atoms with Crippen LogP contribution in [-0.4, -0.2) is 34.2 Å². The molecule has 1 aromatic heterocycles. The third-order valence-electron chi connectivity index (χ3n) is 5.34. The van der Waals surface area contributed by atoms with Crippen molar-refractivity contribution in [1.29, 1.82) is 0 Å².